The van der Waals surface area contributed by atoms with Gasteiger partial charge in [0.05, 0.1) is 10.6 Å². The van der Waals surface area contributed by atoms with E-state index in [0.717, 1.165) is 5.56 Å². The Morgan fingerprint density at radius 3 is 1.93 bits per heavy atom. The minimum absolute atomic E-state index is 0.0629. The predicted octanol–water partition coefficient (Wildman–Crippen LogP) is 5.16. The fourth-order valence-electron chi connectivity index (χ4n) is 2.44. The number of allylic oxidation sites excluding steroid dienone is 1. The zero-order chi connectivity index (χ0) is 20.1. The molecule has 0 amide bonds. The third kappa shape index (κ3) is 4.98. The van der Waals surface area contributed by atoms with Gasteiger partial charge in [-0.3, -0.25) is 0 Å². The Bertz CT molecular complexity index is 1120. The van der Waals surface area contributed by atoms with Crippen LogP contribution >= 0.6 is 0 Å². The Balaban J connectivity index is 2.04. The summed E-state index contributed by atoms with van der Waals surface area (Å²) < 4.78 is 55.7. The smallest absolute Gasteiger partial charge is 0.207 e. The number of sulfonamides is 1. The molecule has 0 aliphatic rings. The maximum Gasteiger partial charge on any atom is 0.282 e. The Hall–Kier alpha value is -3.12. The van der Waals surface area contributed by atoms with E-state index < -0.39 is 15.8 Å². The van der Waals surface area contributed by atoms with Crippen LogP contribution in [0.25, 0.3) is 6.08 Å². The van der Waals surface area contributed by atoms with Gasteiger partial charge in [-0.05, 0) is 67.1 Å². The number of rotatable bonds is 5. The molecular formula is C22H17F2NO2S. The highest BCUT2D eigenvalue weighted by Crippen LogP contribution is 2.17. The first-order valence-electron chi connectivity index (χ1n) is 8.45. The molecule has 6 heteroatoms. The van der Waals surface area contributed by atoms with E-state index in [1.54, 1.807) is 30.3 Å². The lowest BCUT2D eigenvalue weighted by molar-refractivity contribution is 0.598. The van der Waals surface area contributed by atoms with E-state index >= 15 is 0 Å². The van der Waals surface area contributed by atoms with Crippen LogP contribution in [0.1, 0.15) is 16.7 Å². The van der Waals surface area contributed by atoms with Crippen LogP contribution in [0.3, 0.4) is 0 Å². The van der Waals surface area contributed by atoms with E-state index in [1.165, 1.54) is 54.6 Å². The molecular weight excluding hydrogens is 380 g/mol. The number of hydrogen-bond acceptors (Lipinski definition) is 2. The van der Waals surface area contributed by atoms with E-state index in [4.69, 9.17) is 0 Å². The quantitative estimate of drug-likeness (QED) is 0.558. The molecule has 0 aromatic heterocycles. The zero-order valence-corrected chi connectivity index (χ0v) is 15.8. The standard InChI is InChI=1S/C22H17F2NO2S/c1-16-2-13-21(14-3-16)28(26,27)25-22(18-7-11-20(24)12-8-18)15-6-17-4-9-19(23)10-5-17/h2-15H,1H3/b15-6+,25-22?. The largest absolute Gasteiger partial charge is 0.282 e. The van der Waals surface area contributed by atoms with Crippen molar-refractivity contribution in [2.24, 2.45) is 4.40 Å². The van der Waals surface area contributed by atoms with Gasteiger partial charge in [0.2, 0.25) is 0 Å². The monoisotopic (exact) mass is 397 g/mol. The number of benzene rings is 3. The zero-order valence-electron chi connectivity index (χ0n) is 15.0. The topological polar surface area (TPSA) is 46.5 Å². The molecule has 0 heterocycles. The summed E-state index contributed by atoms with van der Waals surface area (Å²) in [5.74, 6) is -0.807. The molecule has 0 radical (unpaired) electrons. The van der Waals surface area contributed by atoms with Crippen molar-refractivity contribution in [1.82, 2.24) is 0 Å². The van der Waals surface area contributed by atoms with Crippen molar-refractivity contribution < 1.29 is 17.2 Å². The maximum absolute atomic E-state index is 13.3. The van der Waals surface area contributed by atoms with Crippen molar-refractivity contribution >= 4 is 21.8 Å². The second-order valence-electron chi connectivity index (χ2n) is 6.16. The molecule has 0 spiro atoms. The Morgan fingerprint density at radius 1 is 0.821 bits per heavy atom. The van der Waals surface area contributed by atoms with Crippen LogP contribution in [0.15, 0.2) is 88.2 Å². The van der Waals surface area contributed by atoms with Crippen molar-refractivity contribution in [3.63, 3.8) is 0 Å². The van der Waals surface area contributed by atoms with E-state index in [9.17, 15) is 17.2 Å². The minimum atomic E-state index is -3.96. The average molecular weight is 397 g/mol. The summed E-state index contributed by atoms with van der Waals surface area (Å²) in [6.45, 7) is 1.86. The van der Waals surface area contributed by atoms with E-state index in [-0.39, 0.29) is 16.4 Å². The highest BCUT2D eigenvalue weighted by atomic mass is 32.2. The molecule has 142 valence electrons. The van der Waals surface area contributed by atoms with E-state index in [1.807, 2.05) is 6.92 Å². The highest BCUT2D eigenvalue weighted by Gasteiger charge is 2.14. The van der Waals surface area contributed by atoms with Gasteiger partial charge in [0.15, 0.2) is 0 Å². The van der Waals surface area contributed by atoms with Gasteiger partial charge in [0.1, 0.15) is 11.6 Å². The molecule has 0 aliphatic heterocycles. The molecule has 3 aromatic rings. The number of nitrogens with zero attached hydrogens (tertiary/aromatic N) is 1. The summed E-state index contributed by atoms with van der Waals surface area (Å²) in [6, 6.07) is 17.4. The van der Waals surface area contributed by atoms with Crippen LogP contribution in [-0.4, -0.2) is 14.1 Å². The van der Waals surface area contributed by atoms with Gasteiger partial charge >= 0.3 is 0 Å². The third-order valence-corrected chi connectivity index (χ3v) is 5.29. The molecule has 3 rings (SSSR count). The van der Waals surface area contributed by atoms with Gasteiger partial charge in [-0.25, -0.2) is 8.78 Å². The summed E-state index contributed by atoms with van der Waals surface area (Å²) in [5, 5.41) is 0. The van der Waals surface area contributed by atoms with Crippen LogP contribution in [0, 0.1) is 18.6 Å². The number of aryl methyl sites for hydroxylation is 1. The molecule has 28 heavy (non-hydrogen) atoms. The fourth-order valence-corrected chi connectivity index (χ4v) is 3.45. The normalized spacial score (nSPS) is 12.5. The molecule has 3 aromatic carbocycles. The third-order valence-electron chi connectivity index (χ3n) is 3.98. The van der Waals surface area contributed by atoms with Gasteiger partial charge in [-0.2, -0.15) is 12.8 Å². The molecule has 0 fully saturated rings. The molecule has 0 unspecified atom stereocenters. The van der Waals surface area contributed by atoms with Crippen molar-refractivity contribution in [3.05, 3.63) is 107 Å². The second-order valence-corrected chi connectivity index (χ2v) is 7.76. The van der Waals surface area contributed by atoms with Crippen molar-refractivity contribution in [3.8, 4) is 0 Å². The molecule has 0 aliphatic carbocycles. The lowest BCUT2D eigenvalue weighted by atomic mass is 10.1. The number of halogens is 2. The first-order valence-corrected chi connectivity index (χ1v) is 9.89. The average Bonchev–Trinajstić information content (AvgIpc) is 2.67. The first kappa shape index (κ1) is 19.6. The molecule has 0 bridgehead atoms. The highest BCUT2D eigenvalue weighted by molar-refractivity contribution is 7.90. The summed E-state index contributed by atoms with van der Waals surface area (Å²) in [7, 11) is -3.96. The van der Waals surface area contributed by atoms with E-state index in [0.29, 0.717) is 11.1 Å². The van der Waals surface area contributed by atoms with Gasteiger partial charge in [-0.15, -0.1) is 0 Å². The lowest BCUT2D eigenvalue weighted by Crippen LogP contribution is -2.04. The summed E-state index contributed by atoms with van der Waals surface area (Å²) in [6.07, 6.45) is 3.12. The second kappa shape index (κ2) is 8.27. The fraction of sp³-hybridized carbons (Fsp3) is 0.0455. The van der Waals surface area contributed by atoms with Crippen LogP contribution in [0.5, 0.6) is 0 Å². The van der Waals surface area contributed by atoms with Crippen LogP contribution in [-0.2, 0) is 10.0 Å². The van der Waals surface area contributed by atoms with Gasteiger partial charge in [-0.1, -0.05) is 35.9 Å². The summed E-state index contributed by atoms with van der Waals surface area (Å²) in [4.78, 5) is 0.0629. The molecule has 0 saturated carbocycles. The van der Waals surface area contributed by atoms with Crippen LogP contribution in [0.2, 0.25) is 0 Å². The van der Waals surface area contributed by atoms with Gasteiger partial charge < -0.3 is 0 Å². The Kier molecular flexibility index (Phi) is 5.80. The Morgan fingerprint density at radius 2 is 1.36 bits per heavy atom. The number of hydrogen-bond donors (Lipinski definition) is 0. The van der Waals surface area contributed by atoms with Crippen molar-refractivity contribution in [2.45, 2.75) is 11.8 Å². The predicted molar refractivity (Wildman–Crippen MR) is 107 cm³/mol. The van der Waals surface area contributed by atoms with Crippen LogP contribution < -0.4 is 0 Å². The maximum atomic E-state index is 13.3. The summed E-state index contributed by atoms with van der Waals surface area (Å²) >= 11 is 0. The van der Waals surface area contributed by atoms with E-state index in [2.05, 4.69) is 4.40 Å². The molecule has 0 N–H and O–H groups in total. The Labute approximate surface area is 162 Å². The molecule has 0 atom stereocenters. The minimum Gasteiger partial charge on any atom is -0.207 e. The summed E-state index contributed by atoms with van der Waals surface area (Å²) in [5.41, 5.74) is 2.18. The van der Waals surface area contributed by atoms with Crippen molar-refractivity contribution in [2.75, 3.05) is 0 Å². The van der Waals surface area contributed by atoms with Crippen molar-refractivity contribution in [1.29, 1.82) is 0 Å². The van der Waals surface area contributed by atoms with Gasteiger partial charge in [0, 0.05) is 5.56 Å². The molecule has 0 saturated heterocycles. The molecule has 3 nitrogen and oxygen atoms in total. The van der Waals surface area contributed by atoms with Gasteiger partial charge in [0.25, 0.3) is 10.0 Å². The van der Waals surface area contributed by atoms with Crippen LogP contribution in [0.4, 0.5) is 8.78 Å². The first-order chi connectivity index (χ1) is 13.3. The lowest BCUT2D eigenvalue weighted by Gasteiger charge is -2.05. The SMILES string of the molecule is Cc1ccc(S(=O)(=O)N=C(/C=C/c2ccc(F)cc2)c2ccc(F)cc2)cc1.